The number of fused-ring (bicyclic) bond motifs is 13. The fourth-order valence-electron chi connectivity index (χ4n) is 19.5. The Kier molecular flexibility index (Phi) is 23.3. The van der Waals surface area contributed by atoms with Crippen molar-refractivity contribution in [1.29, 1.82) is 0 Å². The highest BCUT2D eigenvalue weighted by atomic mass is 19.2. The van der Waals surface area contributed by atoms with E-state index in [1.54, 1.807) is 0 Å². The molecule has 17 rings (SSSR count). The maximum atomic E-state index is 17.1. The second kappa shape index (κ2) is 33.3. The molecule has 27 unspecified atom stereocenters. The van der Waals surface area contributed by atoms with Crippen molar-refractivity contribution in [3.63, 3.8) is 0 Å². The van der Waals surface area contributed by atoms with Crippen LogP contribution in [0.1, 0.15) is 40.3 Å². The molecule has 6 saturated carbocycles. The topological polar surface area (TPSA) is 148 Å². The lowest BCUT2D eigenvalue weighted by molar-refractivity contribution is -0.0731. The molecule has 5 aliphatic heterocycles. The van der Waals surface area contributed by atoms with Crippen LogP contribution in [-0.2, 0) is 14.1 Å². The first kappa shape index (κ1) is 88.1. The lowest BCUT2D eigenvalue weighted by Gasteiger charge is -2.39. The molecule has 6 fully saturated rings. The molecule has 0 amide bonds. The van der Waals surface area contributed by atoms with Crippen molar-refractivity contribution in [3.05, 3.63) is 195 Å². The summed E-state index contributed by atoms with van der Waals surface area (Å²) in [5.74, 6) is -19.4. The largest absolute Gasteiger partial charge is 0.358 e. The van der Waals surface area contributed by atoms with Gasteiger partial charge >= 0.3 is 0 Å². The van der Waals surface area contributed by atoms with Crippen molar-refractivity contribution in [3.8, 4) is 0 Å². The van der Waals surface area contributed by atoms with Crippen LogP contribution in [0, 0.1) is 35.5 Å². The highest BCUT2D eigenvalue weighted by Gasteiger charge is 2.63. The van der Waals surface area contributed by atoms with Crippen molar-refractivity contribution in [2.45, 2.75) is 203 Å². The van der Waals surface area contributed by atoms with Crippen LogP contribution in [0.25, 0.3) is 39.0 Å². The fraction of sp³-hybridized carbons (Fsp3) is 0.488. The van der Waals surface area contributed by atoms with E-state index in [1.165, 1.54) is 47.9 Å². The van der Waals surface area contributed by atoms with E-state index in [-0.39, 0.29) is 22.9 Å². The summed E-state index contributed by atoms with van der Waals surface area (Å²) in [6.07, 6.45) is -93.6. The number of nitrogens with one attached hydrogen (secondary N) is 5. The summed E-state index contributed by atoms with van der Waals surface area (Å²) in [6.45, 7) is 0. The number of imidazole rings is 2. The van der Waals surface area contributed by atoms with Gasteiger partial charge in [-0.05, 0) is 90.6 Å². The average molecular weight is 1820 g/mol. The molecular weight excluding hydrogens is 1750 g/mol. The number of hydrogen-bond acceptors (Lipinski definition) is 6. The predicted octanol–water partition coefficient (Wildman–Crippen LogP) is 14.3. The Morgan fingerprint density at radius 3 is 0.960 bits per heavy atom. The number of aliphatic imine (C=N–C) groups is 3. The minimum atomic E-state index is -3.59. The molecular formula is C84H70F30N12. The Labute approximate surface area is 692 Å². The molecule has 0 radical (unpaired) electrons. The standard InChI is InChI=1S/C84H70F30N12/c1-125-21-19-115-83(125)45-35-15-11-31(121-35)41(49-57(89)69(101)79(111)70(102)58(49)90)27-7-3-23(117-27)39(47-53(85)65(97)77(109)66(98)54(47)86)25-5-9-29(119-25)43(51-61(93)73(105)81(113)74(106)62(51)94)33-13-17-37(123-33)46(84-116-20-22-126(84)2)38-18-14-34(124-38)44(52-63(95)75(107)82(114)76(108)64(52)96)30-10-6-26(120-30)40(48-55(87)67(99)78(110)68(100)56(48)88)24-4-8-28(118-24)42(32-12-16-36(45)122-32)50-59(91)71(103)80(112)72(104)60(50)92/h3-22,31,35,45,47-82,117,120-123H,1-2H3/b39-23-,40-26+,41-27-,42-28+,43-29+,44-30+,46-38+. The van der Waals surface area contributed by atoms with E-state index in [9.17, 15) is 0 Å². The smallest absolute Gasteiger partial charge is 0.168 e. The maximum Gasteiger partial charge on any atom is 0.168 e. The zero-order chi connectivity index (χ0) is 90.2. The van der Waals surface area contributed by atoms with E-state index in [1.807, 2.05) is 0 Å². The third-order valence-corrected chi connectivity index (χ3v) is 25.9. The molecule has 0 spiro atoms. The molecule has 16 bridgehead atoms. The molecule has 126 heavy (non-hydrogen) atoms. The van der Waals surface area contributed by atoms with Crippen molar-refractivity contribution in [1.82, 2.24) is 44.4 Å². The first-order valence-corrected chi connectivity index (χ1v) is 39.8. The molecule has 5 N–H and O–H groups in total. The molecule has 11 heterocycles. The van der Waals surface area contributed by atoms with Crippen LogP contribution >= 0.6 is 0 Å². The third-order valence-electron chi connectivity index (χ3n) is 25.9. The highest BCUT2D eigenvalue weighted by molar-refractivity contribution is 6.29. The van der Waals surface area contributed by atoms with Crippen molar-refractivity contribution in [2.75, 3.05) is 0 Å². The maximum absolute atomic E-state index is 17.1. The SMILES string of the molecule is Cn1ccnc1/C1=C2\C=CC(=N2)/C(C2C(F)C(F)C(F)C(F)C2F)=c2/cc/c([nH]2)=C(\C2C(F)C(F)C(F)C(F)C2F)C2=N/C(=C(/C3C(F)C(F)C(F)C(F)C3F)c3ccc([nH]3)C(c3nccn3C)C3C=CC(N3)/C(C3C(F)C(F)C(F)C(F)C3F)=c3\cc/c([nH]3)=C(/C3C(F)C(F)C(F)C(F)C3F)C3=N/C(=C(/C4C(F)C(F)C(F)C(F)C4F)c4ccc1[nH]4)C=C3)C=C2. The first-order valence-electron chi connectivity index (χ1n) is 39.8. The van der Waals surface area contributed by atoms with Crippen LogP contribution in [0.4, 0.5) is 132 Å². The summed E-state index contributed by atoms with van der Waals surface area (Å²) >= 11 is 0. The van der Waals surface area contributed by atoms with Crippen LogP contribution < -0.4 is 26.7 Å². The van der Waals surface area contributed by atoms with E-state index in [0.29, 0.717) is 0 Å². The summed E-state index contributed by atoms with van der Waals surface area (Å²) in [7, 11) is 2.69. The lowest BCUT2D eigenvalue weighted by atomic mass is 9.75. The summed E-state index contributed by atoms with van der Waals surface area (Å²) < 4.78 is 494. The van der Waals surface area contributed by atoms with Gasteiger partial charge in [0.05, 0.1) is 86.9 Å². The number of hydrogen-bond donors (Lipinski definition) is 5. The second-order valence-electron chi connectivity index (χ2n) is 33.0. The van der Waals surface area contributed by atoms with E-state index < -0.39 is 345 Å². The quantitative estimate of drug-likeness (QED) is 0.0763. The zero-order valence-corrected chi connectivity index (χ0v) is 64.5. The molecule has 676 valence electrons. The predicted molar refractivity (Wildman–Crippen MR) is 401 cm³/mol. The van der Waals surface area contributed by atoms with Gasteiger partial charge in [-0.25, -0.2) is 157 Å². The van der Waals surface area contributed by atoms with Gasteiger partial charge in [0, 0.05) is 117 Å². The lowest BCUT2D eigenvalue weighted by Crippen LogP contribution is -2.56. The number of H-pyrrole nitrogens is 4. The minimum absolute atomic E-state index is 0.105. The minimum Gasteiger partial charge on any atom is -0.358 e. The van der Waals surface area contributed by atoms with Gasteiger partial charge in [-0.15, -0.1) is 0 Å². The number of aromatic nitrogens is 8. The van der Waals surface area contributed by atoms with Gasteiger partial charge in [0.15, 0.2) is 111 Å². The fourth-order valence-corrected chi connectivity index (χ4v) is 19.5. The molecule has 27 atom stereocenters. The van der Waals surface area contributed by atoms with E-state index in [0.717, 1.165) is 97.3 Å². The van der Waals surface area contributed by atoms with Gasteiger partial charge < -0.3 is 29.1 Å². The molecule has 11 aliphatic rings. The van der Waals surface area contributed by atoms with Gasteiger partial charge in [-0.2, -0.15) is 0 Å². The highest BCUT2D eigenvalue weighted by Crippen LogP contribution is 2.53. The normalized spacial score (nSPS) is 45.8. The third kappa shape index (κ3) is 14.1. The van der Waals surface area contributed by atoms with Gasteiger partial charge in [-0.1, -0.05) is 12.2 Å². The van der Waals surface area contributed by atoms with Crippen LogP contribution in [0.5, 0.6) is 0 Å². The Morgan fingerprint density at radius 2 is 0.587 bits per heavy atom. The summed E-state index contributed by atoms with van der Waals surface area (Å²) in [5, 5.41) is -0.341. The summed E-state index contributed by atoms with van der Waals surface area (Å²) in [4.78, 5) is 32.7. The molecule has 6 aromatic rings. The van der Waals surface area contributed by atoms with E-state index in [2.05, 4.69) is 50.2 Å². The van der Waals surface area contributed by atoms with Crippen LogP contribution in [0.2, 0.25) is 0 Å². The van der Waals surface area contributed by atoms with Crippen molar-refractivity contribution in [2.24, 2.45) is 64.6 Å². The van der Waals surface area contributed by atoms with Gasteiger partial charge in [0.1, 0.15) is 85.7 Å². The van der Waals surface area contributed by atoms with Gasteiger partial charge in [0.2, 0.25) is 0 Å². The Morgan fingerprint density at radius 1 is 0.278 bits per heavy atom. The van der Waals surface area contributed by atoms with Crippen LogP contribution in [0.3, 0.4) is 0 Å². The van der Waals surface area contributed by atoms with E-state index >= 15 is 132 Å². The summed E-state index contributed by atoms with van der Waals surface area (Å²) in [5.41, 5.74) is -13.6. The molecule has 0 saturated heterocycles. The summed E-state index contributed by atoms with van der Waals surface area (Å²) in [6, 6.07) is 3.67. The average Bonchev–Trinajstić information content (AvgIpc) is 1.56. The molecule has 42 heteroatoms. The van der Waals surface area contributed by atoms with Crippen LogP contribution in [-0.4, -0.2) is 253 Å². The Balaban J connectivity index is 0.975. The number of nitrogens with zero attached hydrogens (tertiary/aromatic N) is 7. The number of rotatable bonds is 8. The van der Waals surface area contributed by atoms with Gasteiger partial charge in [0.25, 0.3) is 0 Å². The van der Waals surface area contributed by atoms with Crippen LogP contribution in [0.15, 0.2) is 154 Å². The molecule has 6 aliphatic carbocycles. The Bertz CT molecular complexity index is 5700. The first-order chi connectivity index (χ1) is 59.8. The number of aromatic amines is 4. The number of halogens is 30. The number of allylic oxidation sites excluding steroid dienone is 8. The van der Waals surface area contributed by atoms with Crippen molar-refractivity contribution >= 4 is 56.1 Å². The Hall–Kier alpha value is -9.93. The van der Waals surface area contributed by atoms with Crippen molar-refractivity contribution < 1.29 is 132 Å². The number of aryl methyl sites for hydroxylation is 2. The molecule has 0 aromatic carbocycles. The van der Waals surface area contributed by atoms with E-state index in [4.69, 9.17) is 0 Å². The zero-order valence-electron chi connectivity index (χ0n) is 64.5. The monoisotopic (exact) mass is 1820 g/mol. The second-order valence-corrected chi connectivity index (χ2v) is 33.0. The number of alkyl halides is 30. The molecule has 6 aromatic heterocycles. The van der Waals surface area contributed by atoms with Gasteiger partial charge in [-0.3, -0.25) is 5.32 Å². The molecule has 12 nitrogen and oxygen atoms in total.